The lowest BCUT2D eigenvalue weighted by molar-refractivity contribution is -0.120. The highest BCUT2D eigenvalue weighted by Crippen LogP contribution is 2.26. The summed E-state index contributed by atoms with van der Waals surface area (Å²) >= 11 is 1.21. The molecule has 3 aromatic rings. The topological polar surface area (TPSA) is 81.2 Å². The van der Waals surface area contributed by atoms with E-state index in [1.165, 1.54) is 18.0 Å². The summed E-state index contributed by atoms with van der Waals surface area (Å²) in [6.45, 7) is 2.29. The SMILES string of the molecule is CC(Sc1nnc(-c2ccco2)o1)C(=O)NCc1ccccc1. The molecule has 1 aromatic carbocycles. The number of hydrogen-bond acceptors (Lipinski definition) is 6. The fourth-order valence-corrected chi connectivity index (χ4v) is 2.60. The van der Waals surface area contributed by atoms with Crippen molar-refractivity contribution in [2.24, 2.45) is 0 Å². The van der Waals surface area contributed by atoms with Crippen molar-refractivity contribution < 1.29 is 13.6 Å². The van der Waals surface area contributed by atoms with Gasteiger partial charge in [-0.3, -0.25) is 4.79 Å². The molecule has 0 fully saturated rings. The molecule has 1 amide bonds. The zero-order valence-electron chi connectivity index (χ0n) is 12.4. The van der Waals surface area contributed by atoms with Crippen molar-refractivity contribution in [2.45, 2.75) is 23.9 Å². The van der Waals surface area contributed by atoms with Gasteiger partial charge in [0.15, 0.2) is 5.76 Å². The molecule has 1 atom stereocenters. The first-order chi connectivity index (χ1) is 11.2. The van der Waals surface area contributed by atoms with Gasteiger partial charge in [0, 0.05) is 6.54 Å². The van der Waals surface area contributed by atoms with Crippen molar-refractivity contribution in [3.8, 4) is 11.7 Å². The largest absolute Gasteiger partial charge is 0.459 e. The minimum atomic E-state index is -0.344. The minimum Gasteiger partial charge on any atom is -0.459 e. The third-order valence-electron chi connectivity index (χ3n) is 3.09. The lowest BCUT2D eigenvalue weighted by Crippen LogP contribution is -2.30. The summed E-state index contributed by atoms with van der Waals surface area (Å²) in [5.74, 6) is 0.719. The summed E-state index contributed by atoms with van der Waals surface area (Å²) in [5, 5.41) is 10.7. The van der Waals surface area contributed by atoms with E-state index in [4.69, 9.17) is 8.83 Å². The maximum Gasteiger partial charge on any atom is 0.284 e. The summed E-state index contributed by atoms with van der Waals surface area (Å²) in [6.07, 6.45) is 1.53. The number of carbonyl (C=O) groups excluding carboxylic acids is 1. The van der Waals surface area contributed by atoms with Gasteiger partial charge in [0.2, 0.25) is 5.91 Å². The standard InChI is InChI=1S/C16H15N3O3S/c1-11(14(20)17-10-12-6-3-2-4-7-12)23-16-19-18-15(22-16)13-8-5-9-21-13/h2-9,11H,10H2,1H3,(H,17,20). The van der Waals surface area contributed by atoms with Gasteiger partial charge < -0.3 is 14.2 Å². The Morgan fingerprint density at radius 3 is 2.78 bits per heavy atom. The molecular weight excluding hydrogens is 314 g/mol. The Morgan fingerprint density at radius 2 is 2.04 bits per heavy atom. The van der Waals surface area contributed by atoms with E-state index in [9.17, 15) is 4.79 Å². The molecule has 0 saturated heterocycles. The van der Waals surface area contributed by atoms with E-state index in [1.807, 2.05) is 30.3 Å². The zero-order valence-corrected chi connectivity index (χ0v) is 13.2. The van der Waals surface area contributed by atoms with Crippen LogP contribution in [0.3, 0.4) is 0 Å². The number of carbonyl (C=O) groups is 1. The second kappa shape index (κ2) is 7.15. The van der Waals surface area contributed by atoms with Crippen molar-refractivity contribution >= 4 is 17.7 Å². The van der Waals surface area contributed by atoms with Crippen LogP contribution >= 0.6 is 11.8 Å². The fraction of sp³-hybridized carbons (Fsp3) is 0.188. The zero-order chi connectivity index (χ0) is 16.1. The van der Waals surface area contributed by atoms with Crippen LogP contribution in [0.15, 0.2) is 62.8 Å². The highest BCUT2D eigenvalue weighted by molar-refractivity contribution is 8.00. The van der Waals surface area contributed by atoms with Crippen molar-refractivity contribution in [3.63, 3.8) is 0 Å². The monoisotopic (exact) mass is 329 g/mol. The second-order valence-electron chi connectivity index (χ2n) is 4.81. The van der Waals surface area contributed by atoms with Crippen molar-refractivity contribution in [1.82, 2.24) is 15.5 Å². The van der Waals surface area contributed by atoms with Gasteiger partial charge in [-0.25, -0.2) is 0 Å². The summed E-state index contributed by atoms with van der Waals surface area (Å²) in [7, 11) is 0. The summed E-state index contributed by atoms with van der Waals surface area (Å²) in [4.78, 5) is 12.1. The maximum absolute atomic E-state index is 12.1. The van der Waals surface area contributed by atoms with E-state index >= 15 is 0 Å². The predicted molar refractivity (Wildman–Crippen MR) is 85.6 cm³/mol. The van der Waals surface area contributed by atoms with Crippen LogP contribution in [-0.4, -0.2) is 21.4 Å². The molecule has 0 aliphatic heterocycles. The highest BCUT2D eigenvalue weighted by Gasteiger charge is 2.19. The molecule has 0 aliphatic rings. The van der Waals surface area contributed by atoms with E-state index in [2.05, 4.69) is 15.5 Å². The average molecular weight is 329 g/mol. The van der Waals surface area contributed by atoms with Gasteiger partial charge in [0.1, 0.15) is 0 Å². The van der Waals surface area contributed by atoms with E-state index in [0.717, 1.165) is 5.56 Å². The molecule has 3 rings (SSSR count). The van der Waals surface area contributed by atoms with Crippen molar-refractivity contribution in [1.29, 1.82) is 0 Å². The smallest absolute Gasteiger partial charge is 0.284 e. The molecule has 6 nitrogen and oxygen atoms in total. The molecule has 23 heavy (non-hydrogen) atoms. The number of aromatic nitrogens is 2. The molecule has 0 aliphatic carbocycles. The first-order valence-corrected chi connectivity index (χ1v) is 7.96. The Hall–Kier alpha value is -2.54. The van der Waals surface area contributed by atoms with Crippen molar-refractivity contribution in [2.75, 3.05) is 0 Å². The summed E-state index contributed by atoms with van der Waals surface area (Å²) < 4.78 is 10.7. The molecule has 1 unspecified atom stereocenters. The number of hydrogen-bond donors (Lipinski definition) is 1. The maximum atomic E-state index is 12.1. The Morgan fingerprint density at radius 1 is 1.22 bits per heavy atom. The Labute approximate surface area is 137 Å². The average Bonchev–Trinajstić information content (AvgIpc) is 3.24. The lowest BCUT2D eigenvalue weighted by Gasteiger charge is -2.09. The van der Waals surface area contributed by atoms with Crippen LogP contribution in [-0.2, 0) is 11.3 Å². The molecule has 7 heteroatoms. The molecule has 118 valence electrons. The van der Waals surface area contributed by atoms with E-state index < -0.39 is 0 Å². The second-order valence-corrected chi connectivity index (χ2v) is 6.11. The molecule has 2 aromatic heterocycles. The van der Waals surface area contributed by atoms with Gasteiger partial charge in [-0.15, -0.1) is 10.2 Å². The van der Waals surface area contributed by atoms with Gasteiger partial charge in [-0.2, -0.15) is 0 Å². The molecule has 0 bridgehead atoms. The first kappa shape index (κ1) is 15.4. The third-order valence-corrected chi connectivity index (χ3v) is 4.03. The van der Waals surface area contributed by atoms with Crippen LogP contribution in [0.4, 0.5) is 0 Å². The molecule has 2 heterocycles. The van der Waals surface area contributed by atoms with Gasteiger partial charge in [0.25, 0.3) is 11.1 Å². The van der Waals surface area contributed by atoms with Crippen LogP contribution in [0, 0.1) is 0 Å². The number of benzene rings is 1. The number of furan rings is 1. The third kappa shape index (κ3) is 4.01. The molecule has 0 saturated carbocycles. The molecule has 0 spiro atoms. The lowest BCUT2D eigenvalue weighted by atomic mass is 10.2. The summed E-state index contributed by atoms with van der Waals surface area (Å²) in [5.41, 5.74) is 1.05. The Bertz CT molecular complexity index is 756. The normalized spacial score (nSPS) is 12.0. The molecular formula is C16H15N3O3S. The Kier molecular flexibility index (Phi) is 4.77. The molecule has 0 radical (unpaired) electrons. The van der Waals surface area contributed by atoms with E-state index in [1.54, 1.807) is 19.1 Å². The van der Waals surface area contributed by atoms with Crippen LogP contribution in [0.5, 0.6) is 0 Å². The number of thioether (sulfide) groups is 1. The van der Waals surface area contributed by atoms with Crippen LogP contribution in [0.2, 0.25) is 0 Å². The van der Waals surface area contributed by atoms with Crippen LogP contribution in [0.1, 0.15) is 12.5 Å². The van der Waals surface area contributed by atoms with E-state index in [0.29, 0.717) is 23.4 Å². The fourth-order valence-electron chi connectivity index (χ4n) is 1.89. The highest BCUT2D eigenvalue weighted by atomic mass is 32.2. The number of nitrogens with one attached hydrogen (secondary N) is 1. The van der Waals surface area contributed by atoms with Crippen LogP contribution in [0.25, 0.3) is 11.7 Å². The number of nitrogens with zero attached hydrogens (tertiary/aromatic N) is 2. The number of amides is 1. The molecule has 1 N–H and O–H groups in total. The quantitative estimate of drug-likeness (QED) is 0.700. The van der Waals surface area contributed by atoms with E-state index in [-0.39, 0.29) is 11.2 Å². The Balaban J connectivity index is 1.54. The minimum absolute atomic E-state index is 0.0865. The van der Waals surface area contributed by atoms with Crippen molar-refractivity contribution in [3.05, 3.63) is 54.3 Å². The first-order valence-electron chi connectivity index (χ1n) is 7.08. The van der Waals surface area contributed by atoms with Gasteiger partial charge in [-0.05, 0) is 24.6 Å². The van der Waals surface area contributed by atoms with Gasteiger partial charge >= 0.3 is 0 Å². The summed E-state index contributed by atoms with van der Waals surface area (Å²) in [6, 6.07) is 13.2. The van der Waals surface area contributed by atoms with Gasteiger partial charge in [0.05, 0.1) is 11.5 Å². The number of rotatable bonds is 6. The predicted octanol–water partition coefficient (Wildman–Crippen LogP) is 3.13. The van der Waals surface area contributed by atoms with Gasteiger partial charge in [-0.1, -0.05) is 42.1 Å². The van der Waals surface area contributed by atoms with Crippen LogP contribution < -0.4 is 5.32 Å².